The number of carbonyl (C=O) groups excluding carboxylic acids is 2. The molecular formula is C16H12O4S2. The molecular weight excluding hydrogens is 320 g/mol. The van der Waals surface area contributed by atoms with E-state index in [2.05, 4.69) is 0 Å². The van der Waals surface area contributed by atoms with Crippen molar-refractivity contribution in [3.05, 3.63) is 58.7 Å². The number of hydrogen-bond acceptors (Lipinski definition) is 6. The number of carbonyl (C=O) groups is 2. The van der Waals surface area contributed by atoms with Crippen molar-refractivity contribution in [1.82, 2.24) is 0 Å². The van der Waals surface area contributed by atoms with Gasteiger partial charge in [0, 0.05) is 45.0 Å². The van der Waals surface area contributed by atoms with Gasteiger partial charge in [-0.1, -0.05) is 24.3 Å². The smallest absolute Gasteiger partial charge is 0.195 e. The Bertz CT molecular complexity index is 707. The molecule has 0 unspecified atom stereocenters. The molecule has 0 aromatic heterocycles. The van der Waals surface area contributed by atoms with Crippen LogP contribution in [0, 0.1) is 0 Å². The van der Waals surface area contributed by atoms with Crippen molar-refractivity contribution in [3.8, 4) is 0 Å². The van der Waals surface area contributed by atoms with Gasteiger partial charge in [-0.15, -0.1) is 0 Å². The molecule has 0 saturated heterocycles. The maximum Gasteiger partial charge on any atom is 0.195 e. The van der Waals surface area contributed by atoms with E-state index in [0.717, 1.165) is 24.1 Å². The van der Waals surface area contributed by atoms with E-state index in [-0.39, 0.29) is 11.6 Å². The van der Waals surface area contributed by atoms with E-state index in [0.29, 0.717) is 32.0 Å². The molecule has 0 aliphatic heterocycles. The van der Waals surface area contributed by atoms with Crippen LogP contribution in [-0.4, -0.2) is 25.8 Å². The summed E-state index contributed by atoms with van der Waals surface area (Å²) in [6.07, 6.45) is 0. The minimum atomic E-state index is -0.164. The van der Waals surface area contributed by atoms with Gasteiger partial charge in [-0.2, -0.15) is 0 Å². The van der Waals surface area contributed by atoms with Crippen molar-refractivity contribution in [2.45, 2.75) is 9.79 Å². The number of benzene rings is 2. The zero-order valence-electron chi connectivity index (χ0n) is 11.9. The van der Waals surface area contributed by atoms with Crippen molar-refractivity contribution in [1.29, 1.82) is 0 Å². The predicted molar refractivity (Wildman–Crippen MR) is 85.5 cm³/mol. The van der Waals surface area contributed by atoms with Gasteiger partial charge in [0.25, 0.3) is 0 Å². The number of ketones is 2. The van der Waals surface area contributed by atoms with Crippen LogP contribution in [0.3, 0.4) is 0 Å². The van der Waals surface area contributed by atoms with Gasteiger partial charge in [-0.25, -0.2) is 0 Å². The van der Waals surface area contributed by atoms with Crippen molar-refractivity contribution in [3.63, 3.8) is 0 Å². The van der Waals surface area contributed by atoms with Gasteiger partial charge < -0.3 is 8.37 Å². The summed E-state index contributed by atoms with van der Waals surface area (Å²) in [5, 5.41) is 0. The van der Waals surface area contributed by atoms with Crippen LogP contribution in [0.2, 0.25) is 0 Å². The molecule has 0 fully saturated rings. The zero-order chi connectivity index (χ0) is 15.7. The zero-order valence-corrected chi connectivity index (χ0v) is 13.5. The van der Waals surface area contributed by atoms with Crippen molar-refractivity contribution >= 4 is 35.7 Å². The van der Waals surface area contributed by atoms with Crippen LogP contribution in [0.25, 0.3) is 0 Å². The van der Waals surface area contributed by atoms with E-state index in [1.165, 1.54) is 14.2 Å². The van der Waals surface area contributed by atoms with E-state index in [9.17, 15) is 9.59 Å². The molecule has 6 heteroatoms. The third kappa shape index (κ3) is 2.38. The minimum absolute atomic E-state index is 0.164. The van der Waals surface area contributed by atoms with Crippen molar-refractivity contribution < 1.29 is 18.0 Å². The molecule has 0 atom stereocenters. The van der Waals surface area contributed by atoms with Gasteiger partial charge in [0.2, 0.25) is 0 Å². The van der Waals surface area contributed by atoms with Crippen LogP contribution in [0.1, 0.15) is 31.8 Å². The highest BCUT2D eigenvalue weighted by molar-refractivity contribution is 7.95. The molecule has 0 heterocycles. The summed E-state index contributed by atoms with van der Waals surface area (Å²) in [5.74, 6) is -0.327. The van der Waals surface area contributed by atoms with Crippen molar-refractivity contribution in [2.75, 3.05) is 14.2 Å². The van der Waals surface area contributed by atoms with Gasteiger partial charge in [-0.05, 0) is 12.1 Å². The lowest BCUT2D eigenvalue weighted by Crippen LogP contribution is -2.22. The van der Waals surface area contributed by atoms with Crippen molar-refractivity contribution in [2.24, 2.45) is 0 Å². The molecule has 2 aromatic carbocycles. The number of rotatable bonds is 4. The van der Waals surface area contributed by atoms with Crippen LogP contribution < -0.4 is 0 Å². The average Bonchev–Trinajstić information content (AvgIpc) is 2.54. The van der Waals surface area contributed by atoms with Gasteiger partial charge in [0.05, 0.1) is 25.3 Å². The molecule has 0 saturated carbocycles. The van der Waals surface area contributed by atoms with Crippen LogP contribution in [0.15, 0.2) is 46.2 Å². The van der Waals surface area contributed by atoms with Crippen LogP contribution in [-0.2, 0) is 8.37 Å². The average molecular weight is 332 g/mol. The van der Waals surface area contributed by atoms with Gasteiger partial charge in [0.1, 0.15) is 0 Å². The summed E-state index contributed by atoms with van der Waals surface area (Å²) in [4.78, 5) is 26.9. The van der Waals surface area contributed by atoms with Crippen LogP contribution in [0.5, 0.6) is 0 Å². The lowest BCUT2D eigenvalue weighted by atomic mass is 9.84. The number of fused-ring (bicyclic) bond motifs is 2. The molecule has 0 bridgehead atoms. The third-order valence-corrected chi connectivity index (χ3v) is 4.72. The maximum absolute atomic E-state index is 12.8. The number of hydrogen-bond donors (Lipinski definition) is 0. The normalized spacial score (nSPS) is 13.0. The molecule has 3 rings (SSSR count). The summed E-state index contributed by atoms with van der Waals surface area (Å²) >= 11 is 2.15. The molecule has 0 N–H and O–H groups in total. The van der Waals surface area contributed by atoms with E-state index in [4.69, 9.17) is 8.37 Å². The first-order chi connectivity index (χ1) is 10.7. The standard InChI is InChI=1S/C16H12O4S2/c1-19-21-11-7-8-12(22-20-2)14-13(11)15(17)9-5-3-4-6-10(9)16(14)18/h3-8H,1-2H3. The first-order valence-corrected chi connectivity index (χ1v) is 7.94. The Hall–Kier alpha value is -1.60. The fourth-order valence-electron chi connectivity index (χ4n) is 2.48. The van der Waals surface area contributed by atoms with E-state index >= 15 is 0 Å². The monoisotopic (exact) mass is 332 g/mol. The Morgan fingerprint density at radius 3 is 1.50 bits per heavy atom. The summed E-state index contributed by atoms with van der Waals surface area (Å²) in [5.41, 5.74) is 1.63. The molecule has 2 aromatic rings. The van der Waals surface area contributed by atoms with Gasteiger partial charge in [0.15, 0.2) is 11.6 Å². The second-order valence-corrected chi connectivity index (χ2v) is 6.40. The summed E-state index contributed by atoms with van der Waals surface area (Å²) < 4.78 is 10.2. The Balaban J connectivity index is 2.29. The lowest BCUT2D eigenvalue weighted by Gasteiger charge is -2.21. The van der Waals surface area contributed by atoms with E-state index < -0.39 is 0 Å². The lowest BCUT2D eigenvalue weighted by molar-refractivity contribution is 0.0974. The van der Waals surface area contributed by atoms with Crippen LogP contribution >= 0.6 is 24.1 Å². The first kappa shape index (κ1) is 15.3. The van der Waals surface area contributed by atoms with Gasteiger partial charge >= 0.3 is 0 Å². The second kappa shape index (κ2) is 6.26. The highest BCUT2D eigenvalue weighted by Gasteiger charge is 2.34. The fourth-order valence-corrected chi connectivity index (χ4v) is 3.64. The molecule has 0 radical (unpaired) electrons. The highest BCUT2D eigenvalue weighted by Crippen LogP contribution is 2.39. The molecule has 0 amide bonds. The summed E-state index contributed by atoms with van der Waals surface area (Å²) in [7, 11) is 3.05. The molecule has 22 heavy (non-hydrogen) atoms. The van der Waals surface area contributed by atoms with Crippen LogP contribution in [0.4, 0.5) is 0 Å². The molecule has 1 aliphatic carbocycles. The molecule has 0 spiro atoms. The Labute approximate surface area is 136 Å². The SMILES string of the molecule is COSc1ccc(SOC)c2c1C(=O)c1ccccc1C2=O. The molecule has 4 nitrogen and oxygen atoms in total. The quantitative estimate of drug-likeness (QED) is 0.678. The maximum atomic E-state index is 12.8. The third-order valence-electron chi connectivity index (χ3n) is 3.35. The Morgan fingerprint density at radius 1 is 0.727 bits per heavy atom. The second-order valence-electron chi connectivity index (χ2n) is 4.52. The van der Waals surface area contributed by atoms with E-state index in [1.807, 2.05) is 0 Å². The highest BCUT2D eigenvalue weighted by atomic mass is 32.2. The largest absolute Gasteiger partial charge is 0.314 e. The fraction of sp³-hybridized carbons (Fsp3) is 0.125. The molecule has 1 aliphatic rings. The molecule has 112 valence electrons. The first-order valence-electron chi connectivity index (χ1n) is 6.45. The minimum Gasteiger partial charge on any atom is -0.314 e. The summed E-state index contributed by atoms with van der Waals surface area (Å²) in [6.45, 7) is 0. The topological polar surface area (TPSA) is 52.6 Å². The van der Waals surface area contributed by atoms with E-state index in [1.54, 1.807) is 36.4 Å². The predicted octanol–water partition coefficient (Wildman–Crippen LogP) is 3.77. The Kier molecular flexibility index (Phi) is 4.35. The summed E-state index contributed by atoms with van der Waals surface area (Å²) in [6, 6.07) is 10.4. The Morgan fingerprint density at radius 2 is 1.14 bits per heavy atom. The van der Waals surface area contributed by atoms with Gasteiger partial charge in [-0.3, -0.25) is 9.59 Å².